The Balaban J connectivity index is 1.82. The molecule has 2 aromatic rings. The van der Waals surface area contributed by atoms with Crippen LogP contribution in [0.1, 0.15) is 6.42 Å². The van der Waals surface area contributed by atoms with Crippen molar-refractivity contribution in [2.24, 2.45) is 0 Å². The van der Waals surface area contributed by atoms with Gasteiger partial charge in [0.05, 0.1) is 29.5 Å². The molecule has 6 nitrogen and oxygen atoms in total. The summed E-state index contributed by atoms with van der Waals surface area (Å²) in [7, 11) is 1.35. The van der Waals surface area contributed by atoms with Crippen LogP contribution in [0, 0.1) is 0 Å². The molecule has 2 rings (SSSR count). The highest BCUT2D eigenvalue weighted by atomic mass is 32.2. The lowest BCUT2D eigenvalue weighted by atomic mass is 10.3. The molecule has 0 fully saturated rings. The molecule has 1 amide bonds. The molecule has 0 bridgehead atoms. The van der Waals surface area contributed by atoms with Crippen LogP contribution < -0.4 is 11.1 Å². The minimum Gasteiger partial charge on any atom is -0.469 e. The van der Waals surface area contributed by atoms with Gasteiger partial charge in [-0.1, -0.05) is 11.3 Å². The molecule has 21 heavy (non-hydrogen) atoms. The molecule has 1 aromatic heterocycles. The molecule has 0 radical (unpaired) electrons. The Morgan fingerprint density at radius 2 is 2.29 bits per heavy atom. The molecule has 3 N–H and O–H groups in total. The van der Waals surface area contributed by atoms with Gasteiger partial charge in [0.25, 0.3) is 0 Å². The summed E-state index contributed by atoms with van der Waals surface area (Å²) in [5.74, 6) is 0.412. The lowest BCUT2D eigenvalue weighted by Gasteiger charge is -2.01. The van der Waals surface area contributed by atoms with Gasteiger partial charge < -0.3 is 15.8 Å². The molecular weight excluding hydrogens is 310 g/mol. The summed E-state index contributed by atoms with van der Waals surface area (Å²) in [5.41, 5.74) is 7.18. The number of anilines is 2. The third kappa shape index (κ3) is 4.61. The highest BCUT2D eigenvalue weighted by Crippen LogP contribution is 2.27. The number of thioether (sulfide) groups is 1. The minimum atomic E-state index is -0.272. The second kappa shape index (κ2) is 7.28. The number of aromatic nitrogens is 1. The first-order valence-corrected chi connectivity index (χ1v) is 8.16. The topological polar surface area (TPSA) is 94.3 Å². The van der Waals surface area contributed by atoms with E-state index in [1.807, 2.05) is 12.1 Å². The van der Waals surface area contributed by atoms with Crippen LogP contribution in [0.3, 0.4) is 0 Å². The summed E-state index contributed by atoms with van der Waals surface area (Å²) in [6, 6.07) is 5.42. The first kappa shape index (κ1) is 15.6. The van der Waals surface area contributed by atoms with Crippen LogP contribution in [-0.2, 0) is 14.3 Å². The van der Waals surface area contributed by atoms with Gasteiger partial charge in [-0.05, 0) is 18.2 Å². The number of rotatable bonds is 6. The number of esters is 1. The van der Waals surface area contributed by atoms with E-state index >= 15 is 0 Å². The van der Waals surface area contributed by atoms with Gasteiger partial charge in [0.1, 0.15) is 0 Å². The molecule has 0 aliphatic heterocycles. The van der Waals surface area contributed by atoms with Crippen molar-refractivity contribution in [3.63, 3.8) is 0 Å². The maximum atomic E-state index is 11.8. The minimum absolute atomic E-state index is 0.142. The Morgan fingerprint density at radius 3 is 3.05 bits per heavy atom. The number of nitrogen functional groups attached to an aromatic ring is 1. The third-order valence-corrected chi connectivity index (χ3v) is 4.46. The summed E-state index contributed by atoms with van der Waals surface area (Å²) in [6.45, 7) is 0. The molecule has 0 saturated heterocycles. The largest absolute Gasteiger partial charge is 0.469 e. The van der Waals surface area contributed by atoms with Crippen LogP contribution in [0.25, 0.3) is 10.2 Å². The van der Waals surface area contributed by atoms with Gasteiger partial charge >= 0.3 is 5.97 Å². The average Bonchev–Trinajstić information content (AvgIpc) is 2.84. The lowest BCUT2D eigenvalue weighted by molar-refractivity contribution is -0.140. The monoisotopic (exact) mass is 325 g/mol. The predicted octanol–water partition coefficient (Wildman–Crippen LogP) is 2.11. The normalized spacial score (nSPS) is 10.5. The van der Waals surface area contributed by atoms with E-state index in [1.165, 1.54) is 30.2 Å². The first-order valence-electron chi connectivity index (χ1n) is 6.19. The van der Waals surface area contributed by atoms with Crippen molar-refractivity contribution in [3.05, 3.63) is 18.2 Å². The number of thiazole rings is 1. The maximum absolute atomic E-state index is 11.8. The number of benzene rings is 1. The lowest BCUT2D eigenvalue weighted by Crippen LogP contribution is -2.14. The Morgan fingerprint density at radius 1 is 1.48 bits per heavy atom. The molecule has 0 atom stereocenters. The number of nitrogens with zero attached hydrogens (tertiary/aromatic N) is 1. The number of amides is 1. The smallest absolute Gasteiger partial charge is 0.306 e. The molecule has 112 valence electrons. The second-order valence-electron chi connectivity index (χ2n) is 4.17. The van der Waals surface area contributed by atoms with Crippen LogP contribution in [0.15, 0.2) is 18.2 Å². The van der Waals surface area contributed by atoms with Gasteiger partial charge in [-0.15, -0.1) is 0 Å². The molecule has 0 aliphatic rings. The SMILES string of the molecule is COC(=O)CCSCC(=O)Nc1nc2ccc(N)cc2s1. The van der Waals surface area contributed by atoms with E-state index in [9.17, 15) is 9.59 Å². The van der Waals surface area contributed by atoms with E-state index in [-0.39, 0.29) is 17.6 Å². The van der Waals surface area contributed by atoms with Crippen molar-refractivity contribution in [1.82, 2.24) is 4.98 Å². The number of carbonyl (C=O) groups excluding carboxylic acids is 2. The van der Waals surface area contributed by atoms with Gasteiger partial charge in [0, 0.05) is 11.4 Å². The molecule has 1 aromatic carbocycles. The molecule has 1 heterocycles. The molecule has 0 saturated carbocycles. The predicted molar refractivity (Wildman–Crippen MR) is 86.6 cm³/mol. The zero-order chi connectivity index (χ0) is 15.2. The summed E-state index contributed by atoms with van der Waals surface area (Å²) in [5, 5.41) is 3.29. The van der Waals surface area contributed by atoms with Gasteiger partial charge in [0.2, 0.25) is 5.91 Å². The fourth-order valence-electron chi connectivity index (χ4n) is 1.57. The van der Waals surface area contributed by atoms with Crippen molar-refractivity contribution in [3.8, 4) is 0 Å². The van der Waals surface area contributed by atoms with Crippen molar-refractivity contribution >= 4 is 56.0 Å². The van der Waals surface area contributed by atoms with Crippen LogP contribution in [0.4, 0.5) is 10.8 Å². The van der Waals surface area contributed by atoms with E-state index < -0.39 is 0 Å². The van der Waals surface area contributed by atoms with E-state index in [2.05, 4.69) is 15.0 Å². The number of fused-ring (bicyclic) bond motifs is 1. The third-order valence-electron chi connectivity index (χ3n) is 2.57. The van der Waals surface area contributed by atoms with E-state index in [0.29, 0.717) is 23.0 Å². The Labute approximate surface area is 130 Å². The van der Waals surface area contributed by atoms with Crippen molar-refractivity contribution in [2.75, 3.05) is 29.7 Å². The summed E-state index contributed by atoms with van der Waals surface area (Å²) < 4.78 is 5.46. The summed E-state index contributed by atoms with van der Waals surface area (Å²) >= 11 is 2.76. The highest BCUT2D eigenvalue weighted by molar-refractivity contribution is 7.99. The van der Waals surface area contributed by atoms with Crippen molar-refractivity contribution in [1.29, 1.82) is 0 Å². The molecule has 0 unspecified atom stereocenters. The molecule has 0 spiro atoms. The number of nitrogens with one attached hydrogen (secondary N) is 1. The fourth-order valence-corrected chi connectivity index (χ4v) is 3.22. The molecule has 0 aliphatic carbocycles. The number of methoxy groups -OCH3 is 1. The average molecular weight is 325 g/mol. The van der Waals surface area contributed by atoms with Crippen LogP contribution in [-0.4, -0.2) is 35.5 Å². The second-order valence-corrected chi connectivity index (χ2v) is 6.31. The van der Waals surface area contributed by atoms with E-state index in [1.54, 1.807) is 6.07 Å². The maximum Gasteiger partial charge on any atom is 0.306 e. The molecule has 8 heteroatoms. The molecular formula is C13H15N3O3S2. The number of ether oxygens (including phenoxy) is 1. The number of hydrogen-bond donors (Lipinski definition) is 2. The van der Waals surface area contributed by atoms with E-state index in [4.69, 9.17) is 5.73 Å². The fraction of sp³-hybridized carbons (Fsp3) is 0.308. The zero-order valence-electron chi connectivity index (χ0n) is 11.4. The van der Waals surface area contributed by atoms with Crippen LogP contribution in [0.5, 0.6) is 0 Å². The summed E-state index contributed by atoms with van der Waals surface area (Å²) in [4.78, 5) is 27.0. The van der Waals surface area contributed by atoms with Gasteiger partial charge in [0.15, 0.2) is 5.13 Å². The van der Waals surface area contributed by atoms with E-state index in [0.717, 1.165) is 10.2 Å². The van der Waals surface area contributed by atoms with Gasteiger partial charge in [-0.25, -0.2) is 4.98 Å². The number of nitrogens with two attached hydrogens (primary N) is 1. The number of carbonyl (C=O) groups is 2. The Kier molecular flexibility index (Phi) is 5.40. The standard InChI is InChI=1S/C13H15N3O3S2/c1-19-12(18)4-5-20-7-11(17)16-13-15-9-3-2-8(14)6-10(9)21-13/h2-3,6H,4-5,7,14H2,1H3,(H,15,16,17). The Bertz CT molecular complexity index is 657. The zero-order valence-corrected chi connectivity index (χ0v) is 13.1. The van der Waals surface area contributed by atoms with Crippen LogP contribution in [0.2, 0.25) is 0 Å². The highest BCUT2D eigenvalue weighted by Gasteiger charge is 2.09. The first-order chi connectivity index (χ1) is 10.1. The summed E-state index contributed by atoms with van der Waals surface area (Å²) in [6.07, 6.45) is 0.300. The number of hydrogen-bond acceptors (Lipinski definition) is 7. The quantitative estimate of drug-likeness (QED) is 0.480. The van der Waals surface area contributed by atoms with Crippen LogP contribution >= 0.6 is 23.1 Å². The van der Waals surface area contributed by atoms with Gasteiger partial charge in [-0.2, -0.15) is 11.8 Å². The van der Waals surface area contributed by atoms with Gasteiger partial charge in [-0.3, -0.25) is 9.59 Å². The van der Waals surface area contributed by atoms with Crippen molar-refractivity contribution < 1.29 is 14.3 Å². The Hall–Kier alpha value is -1.80. The van der Waals surface area contributed by atoms with Crippen molar-refractivity contribution in [2.45, 2.75) is 6.42 Å².